The van der Waals surface area contributed by atoms with Crippen molar-refractivity contribution in [2.24, 2.45) is 5.92 Å². The maximum Gasteiger partial charge on any atom is -0.0228 e. The number of unbranched alkanes of at least 4 members (excludes halogenated alkanes) is 2. The second-order valence-electron chi connectivity index (χ2n) is 4.85. The van der Waals surface area contributed by atoms with Gasteiger partial charge in [0.1, 0.15) is 0 Å². The Bertz CT molecular complexity index is 204. The highest BCUT2D eigenvalue weighted by Gasteiger charge is 2.09. The molecule has 0 unspecified atom stereocenters. The minimum absolute atomic E-state index is 0.870. The Morgan fingerprint density at radius 2 is 1.93 bits per heavy atom. The van der Waals surface area contributed by atoms with Crippen LogP contribution in [0.5, 0.6) is 0 Å². The van der Waals surface area contributed by atoms with Gasteiger partial charge in [-0.15, -0.1) is 0 Å². The Morgan fingerprint density at radius 3 is 2.60 bits per heavy atom. The molecule has 1 aliphatic carbocycles. The second-order valence-corrected chi connectivity index (χ2v) is 4.85. The first-order valence-electron chi connectivity index (χ1n) is 6.68. The van der Waals surface area contributed by atoms with E-state index in [0.29, 0.717) is 0 Å². The predicted molar refractivity (Wildman–Crippen MR) is 69.0 cm³/mol. The average molecular weight is 206 g/mol. The van der Waals surface area contributed by atoms with Crippen molar-refractivity contribution in [1.29, 1.82) is 0 Å². The van der Waals surface area contributed by atoms with Crippen LogP contribution in [0.15, 0.2) is 23.8 Å². The van der Waals surface area contributed by atoms with Crippen LogP contribution in [0.4, 0.5) is 0 Å². The molecule has 0 radical (unpaired) electrons. The molecule has 15 heavy (non-hydrogen) atoms. The lowest BCUT2D eigenvalue weighted by molar-refractivity contribution is 0.418. The van der Waals surface area contributed by atoms with Gasteiger partial charge in [-0.1, -0.05) is 62.8 Å². The minimum Gasteiger partial charge on any atom is -0.0843 e. The molecule has 0 aliphatic heterocycles. The monoisotopic (exact) mass is 206 g/mol. The summed E-state index contributed by atoms with van der Waals surface area (Å²) >= 11 is 0. The first-order chi connectivity index (χ1) is 7.33. The van der Waals surface area contributed by atoms with Crippen LogP contribution in [0.3, 0.4) is 0 Å². The summed E-state index contributed by atoms with van der Waals surface area (Å²) in [6.07, 6.45) is 18.2. The van der Waals surface area contributed by atoms with E-state index in [-0.39, 0.29) is 0 Å². The van der Waals surface area contributed by atoms with Gasteiger partial charge in [-0.25, -0.2) is 0 Å². The standard InChI is InChI=1S/C15H26/c1-3-4-5-7-10-14(2)13-15-11-8-6-9-12-15/h7,10,13,15H,3-6,8-9,11-12H2,1-2H3/b10-7-,14-13+. The first kappa shape index (κ1) is 12.5. The van der Waals surface area contributed by atoms with Crippen molar-refractivity contribution in [2.75, 3.05) is 0 Å². The number of rotatable bonds is 5. The molecule has 0 heteroatoms. The summed E-state index contributed by atoms with van der Waals surface area (Å²) in [6, 6.07) is 0. The summed E-state index contributed by atoms with van der Waals surface area (Å²) in [5, 5.41) is 0. The molecule has 0 amide bonds. The molecule has 0 atom stereocenters. The van der Waals surface area contributed by atoms with Gasteiger partial charge in [0, 0.05) is 0 Å². The molecule has 1 fully saturated rings. The minimum atomic E-state index is 0.870. The van der Waals surface area contributed by atoms with Crippen molar-refractivity contribution in [1.82, 2.24) is 0 Å². The average Bonchev–Trinajstić information content (AvgIpc) is 2.26. The lowest BCUT2D eigenvalue weighted by Crippen LogP contribution is -2.03. The van der Waals surface area contributed by atoms with Crippen molar-refractivity contribution < 1.29 is 0 Å². The van der Waals surface area contributed by atoms with Gasteiger partial charge in [0.2, 0.25) is 0 Å². The van der Waals surface area contributed by atoms with Crippen LogP contribution in [0.2, 0.25) is 0 Å². The third-order valence-corrected chi connectivity index (χ3v) is 3.25. The van der Waals surface area contributed by atoms with Crippen LogP contribution in [-0.4, -0.2) is 0 Å². The van der Waals surface area contributed by atoms with Gasteiger partial charge >= 0.3 is 0 Å². The largest absolute Gasteiger partial charge is 0.0843 e. The second kappa shape index (κ2) is 7.73. The topological polar surface area (TPSA) is 0 Å². The van der Waals surface area contributed by atoms with Gasteiger partial charge in [0.05, 0.1) is 0 Å². The van der Waals surface area contributed by atoms with Crippen molar-refractivity contribution in [3.8, 4) is 0 Å². The third kappa shape index (κ3) is 5.81. The summed E-state index contributed by atoms with van der Waals surface area (Å²) < 4.78 is 0. The summed E-state index contributed by atoms with van der Waals surface area (Å²) in [4.78, 5) is 0. The molecular weight excluding hydrogens is 180 g/mol. The molecule has 0 bridgehead atoms. The van der Waals surface area contributed by atoms with Gasteiger partial charge in [0.15, 0.2) is 0 Å². The van der Waals surface area contributed by atoms with Gasteiger partial charge in [0.25, 0.3) is 0 Å². The van der Waals surface area contributed by atoms with E-state index in [1.54, 1.807) is 0 Å². The van der Waals surface area contributed by atoms with Gasteiger partial charge < -0.3 is 0 Å². The zero-order valence-corrected chi connectivity index (χ0v) is 10.5. The molecule has 0 spiro atoms. The molecule has 1 saturated carbocycles. The van der Waals surface area contributed by atoms with Crippen LogP contribution in [-0.2, 0) is 0 Å². The molecule has 0 heterocycles. The molecule has 0 saturated heterocycles. The van der Waals surface area contributed by atoms with E-state index in [0.717, 1.165) is 5.92 Å². The van der Waals surface area contributed by atoms with Crippen LogP contribution in [0, 0.1) is 5.92 Å². The summed E-state index contributed by atoms with van der Waals surface area (Å²) in [5.41, 5.74) is 1.47. The summed E-state index contributed by atoms with van der Waals surface area (Å²) in [7, 11) is 0. The van der Waals surface area contributed by atoms with Crippen molar-refractivity contribution >= 4 is 0 Å². The van der Waals surface area contributed by atoms with Crippen molar-refractivity contribution in [3.05, 3.63) is 23.8 Å². The van der Waals surface area contributed by atoms with Crippen molar-refractivity contribution in [2.45, 2.75) is 65.2 Å². The van der Waals surface area contributed by atoms with E-state index in [2.05, 4.69) is 32.1 Å². The SMILES string of the molecule is CCCC/C=C\C(C)=C\C1CCCCC1. The van der Waals surface area contributed by atoms with Crippen molar-refractivity contribution in [3.63, 3.8) is 0 Å². The lowest BCUT2D eigenvalue weighted by Gasteiger charge is -2.18. The fraction of sp³-hybridized carbons (Fsp3) is 0.733. The van der Waals surface area contributed by atoms with E-state index < -0.39 is 0 Å². The molecule has 1 aliphatic rings. The van der Waals surface area contributed by atoms with Crippen LogP contribution in [0.1, 0.15) is 65.2 Å². The first-order valence-corrected chi connectivity index (χ1v) is 6.68. The van der Waals surface area contributed by atoms with Gasteiger partial charge in [-0.3, -0.25) is 0 Å². The molecule has 0 aromatic carbocycles. The lowest BCUT2D eigenvalue weighted by atomic mass is 9.88. The summed E-state index contributed by atoms with van der Waals surface area (Å²) in [5.74, 6) is 0.870. The van der Waals surface area contributed by atoms with Gasteiger partial charge in [-0.05, 0) is 32.1 Å². The van der Waals surface area contributed by atoms with Crippen LogP contribution < -0.4 is 0 Å². The fourth-order valence-corrected chi connectivity index (χ4v) is 2.32. The molecule has 1 rings (SSSR count). The Kier molecular flexibility index (Phi) is 6.47. The molecule has 86 valence electrons. The number of hydrogen-bond acceptors (Lipinski definition) is 0. The smallest absolute Gasteiger partial charge is 0.0228 e. The third-order valence-electron chi connectivity index (χ3n) is 3.25. The molecule has 0 aromatic heterocycles. The van der Waals surface area contributed by atoms with E-state index in [1.165, 1.54) is 56.9 Å². The molecule has 0 nitrogen and oxygen atoms in total. The molecular formula is C15H26. The van der Waals surface area contributed by atoms with E-state index >= 15 is 0 Å². The Hall–Kier alpha value is -0.520. The predicted octanol–water partition coefficient (Wildman–Crippen LogP) is 5.26. The Labute approximate surface area is 95.5 Å². The highest BCUT2D eigenvalue weighted by Crippen LogP contribution is 2.25. The van der Waals surface area contributed by atoms with E-state index in [4.69, 9.17) is 0 Å². The zero-order chi connectivity index (χ0) is 10.9. The maximum atomic E-state index is 2.49. The summed E-state index contributed by atoms with van der Waals surface area (Å²) in [6.45, 7) is 4.50. The van der Waals surface area contributed by atoms with E-state index in [1.807, 2.05) is 0 Å². The normalized spacial score (nSPS) is 20.0. The highest BCUT2D eigenvalue weighted by atomic mass is 14.2. The number of allylic oxidation sites excluding steroid dienone is 4. The molecule has 0 aromatic rings. The Morgan fingerprint density at radius 1 is 1.20 bits per heavy atom. The number of hydrogen-bond donors (Lipinski definition) is 0. The van der Waals surface area contributed by atoms with Crippen LogP contribution in [0.25, 0.3) is 0 Å². The van der Waals surface area contributed by atoms with Gasteiger partial charge in [-0.2, -0.15) is 0 Å². The fourth-order valence-electron chi connectivity index (χ4n) is 2.32. The molecule has 0 N–H and O–H groups in total. The quantitative estimate of drug-likeness (QED) is 0.425. The van der Waals surface area contributed by atoms with Crippen LogP contribution >= 0.6 is 0 Å². The van der Waals surface area contributed by atoms with E-state index in [9.17, 15) is 0 Å². The maximum absolute atomic E-state index is 2.49. The highest BCUT2D eigenvalue weighted by molar-refractivity contribution is 5.17. The Balaban J connectivity index is 2.27. The zero-order valence-electron chi connectivity index (χ0n) is 10.5.